The lowest BCUT2D eigenvalue weighted by Crippen LogP contribution is -2.37. The van der Waals surface area contributed by atoms with Crippen molar-refractivity contribution >= 4 is 13.8 Å². The second kappa shape index (κ2) is 53.2. The molecule has 8 nitrogen and oxygen atoms in total. The van der Waals surface area contributed by atoms with Gasteiger partial charge in [-0.25, -0.2) is 4.57 Å². The number of phosphoric ester groups is 1. The molecule has 0 fully saturated rings. The molecule has 1 N–H and O–H groups in total. The summed E-state index contributed by atoms with van der Waals surface area (Å²) in [7, 11) is 1.65. The number of esters is 1. The maximum atomic E-state index is 12.8. The van der Waals surface area contributed by atoms with E-state index in [1.165, 1.54) is 148 Å². The highest BCUT2D eigenvalue weighted by atomic mass is 31.2. The lowest BCUT2D eigenvalue weighted by Gasteiger charge is -2.24. The van der Waals surface area contributed by atoms with Crippen molar-refractivity contribution in [2.75, 3.05) is 54.1 Å². The van der Waals surface area contributed by atoms with E-state index in [-0.39, 0.29) is 25.8 Å². The number of phosphoric acid groups is 1. The molecule has 0 bridgehead atoms. The third-order valence-electron chi connectivity index (χ3n) is 12.5. The first-order valence-electron chi connectivity index (χ1n) is 29.2. The molecular formula is C61H113NO7P+. The number of allylic oxidation sites excluding steroid dienone is 12. The smallest absolute Gasteiger partial charge is 0.457 e. The Hall–Kier alpha value is -2.06. The number of hydrogen-bond acceptors (Lipinski definition) is 6. The van der Waals surface area contributed by atoms with Crippen molar-refractivity contribution in [3.05, 3.63) is 72.9 Å². The second-order valence-electron chi connectivity index (χ2n) is 20.7. The molecule has 9 heteroatoms. The van der Waals surface area contributed by atoms with Crippen LogP contribution >= 0.6 is 7.82 Å². The zero-order valence-corrected chi connectivity index (χ0v) is 47.4. The molecule has 0 saturated heterocycles. The molecule has 408 valence electrons. The molecule has 0 heterocycles. The average molecular weight is 1000 g/mol. The van der Waals surface area contributed by atoms with Gasteiger partial charge in [0, 0.05) is 13.0 Å². The van der Waals surface area contributed by atoms with Crippen LogP contribution in [0.3, 0.4) is 0 Å². The molecule has 0 saturated carbocycles. The Bertz CT molecular complexity index is 1350. The van der Waals surface area contributed by atoms with Crippen molar-refractivity contribution in [2.45, 2.75) is 258 Å². The van der Waals surface area contributed by atoms with Crippen LogP contribution in [0.25, 0.3) is 0 Å². The van der Waals surface area contributed by atoms with Gasteiger partial charge in [0.1, 0.15) is 19.3 Å². The molecule has 0 aromatic carbocycles. The van der Waals surface area contributed by atoms with Crippen LogP contribution in [-0.2, 0) is 27.9 Å². The van der Waals surface area contributed by atoms with E-state index in [4.69, 9.17) is 18.5 Å². The summed E-state index contributed by atoms with van der Waals surface area (Å²) < 4.78 is 35.2. The predicted octanol–water partition coefficient (Wildman–Crippen LogP) is 18.6. The van der Waals surface area contributed by atoms with Crippen molar-refractivity contribution in [2.24, 2.45) is 0 Å². The van der Waals surface area contributed by atoms with Crippen LogP contribution in [-0.4, -0.2) is 75.6 Å². The highest BCUT2D eigenvalue weighted by Crippen LogP contribution is 2.43. The number of rotatable bonds is 54. The number of unbranched alkanes of at least 4 members (excludes halogenated alkanes) is 28. The van der Waals surface area contributed by atoms with Gasteiger partial charge in [-0.2, -0.15) is 0 Å². The molecule has 0 aromatic heterocycles. The van der Waals surface area contributed by atoms with Crippen LogP contribution < -0.4 is 0 Å². The largest absolute Gasteiger partial charge is 0.472 e. The van der Waals surface area contributed by atoms with Crippen LogP contribution in [0.15, 0.2) is 72.9 Å². The first-order valence-corrected chi connectivity index (χ1v) is 30.7. The van der Waals surface area contributed by atoms with E-state index in [2.05, 4.69) is 86.8 Å². The van der Waals surface area contributed by atoms with Gasteiger partial charge in [-0.05, 0) is 64.2 Å². The number of nitrogens with zero attached hydrogens (tertiary/aromatic N) is 1. The summed E-state index contributed by atoms with van der Waals surface area (Å²) in [4.78, 5) is 23.1. The molecule has 2 unspecified atom stereocenters. The van der Waals surface area contributed by atoms with E-state index in [0.717, 1.165) is 83.5 Å². The molecule has 0 amide bonds. The average Bonchev–Trinajstić information content (AvgIpc) is 3.32. The van der Waals surface area contributed by atoms with E-state index in [1.807, 2.05) is 21.1 Å². The molecule has 0 rings (SSSR count). The Balaban J connectivity index is 4.11. The lowest BCUT2D eigenvalue weighted by molar-refractivity contribution is -0.870. The van der Waals surface area contributed by atoms with Gasteiger partial charge in [0.25, 0.3) is 0 Å². The monoisotopic (exact) mass is 1000 g/mol. The van der Waals surface area contributed by atoms with E-state index < -0.39 is 13.9 Å². The molecule has 0 aliphatic rings. The molecular weight excluding hydrogens is 890 g/mol. The summed E-state index contributed by atoms with van der Waals surface area (Å²) in [6.07, 6.45) is 71.2. The summed E-state index contributed by atoms with van der Waals surface area (Å²) in [5, 5.41) is 0. The summed E-state index contributed by atoms with van der Waals surface area (Å²) in [5.74, 6) is -0.335. The fraction of sp³-hybridized carbons (Fsp3) is 0.787. The third kappa shape index (κ3) is 56.8. The zero-order valence-electron chi connectivity index (χ0n) is 46.5. The fourth-order valence-electron chi connectivity index (χ4n) is 8.09. The van der Waals surface area contributed by atoms with E-state index in [0.29, 0.717) is 24.1 Å². The van der Waals surface area contributed by atoms with Crippen LogP contribution in [0, 0.1) is 0 Å². The van der Waals surface area contributed by atoms with Crippen molar-refractivity contribution in [3.8, 4) is 0 Å². The molecule has 0 aliphatic carbocycles. The number of carbonyl (C=O) groups is 1. The summed E-state index contributed by atoms with van der Waals surface area (Å²) >= 11 is 0. The van der Waals surface area contributed by atoms with Crippen molar-refractivity contribution in [1.29, 1.82) is 0 Å². The van der Waals surface area contributed by atoms with Gasteiger partial charge in [0.05, 0.1) is 34.4 Å². The number of carbonyl (C=O) groups excluding carboxylic acids is 1. The first-order chi connectivity index (χ1) is 34.1. The number of quaternary nitrogens is 1. The molecule has 2 atom stereocenters. The van der Waals surface area contributed by atoms with Crippen LogP contribution in [0.4, 0.5) is 0 Å². The minimum atomic E-state index is -4.30. The maximum Gasteiger partial charge on any atom is 0.472 e. The summed E-state index contributed by atoms with van der Waals surface area (Å²) in [5.41, 5.74) is 0. The van der Waals surface area contributed by atoms with Crippen LogP contribution in [0.5, 0.6) is 0 Å². The molecule has 0 spiro atoms. The Morgan fingerprint density at radius 3 is 1.24 bits per heavy atom. The van der Waals surface area contributed by atoms with Gasteiger partial charge in [-0.3, -0.25) is 13.8 Å². The van der Waals surface area contributed by atoms with Gasteiger partial charge < -0.3 is 18.9 Å². The van der Waals surface area contributed by atoms with Crippen LogP contribution in [0.1, 0.15) is 251 Å². The second-order valence-corrected chi connectivity index (χ2v) is 22.1. The number of ether oxygens (including phenoxy) is 2. The molecule has 70 heavy (non-hydrogen) atoms. The van der Waals surface area contributed by atoms with Gasteiger partial charge in [-0.15, -0.1) is 0 Å². The standard InChI is InChI=1S/C61H112NO7P/c1-6-8-10-12-14-16-18-20-22-24-26-28-30-31-33-35-37-39-41-43-45-47-49-51-53-56-66-58-60(59-68-70(64,65)67-57-55-62(3,4)5)69-61(63)54-52-50-48-46-44-42-40-38-36-34-32-29-27-25-23-21-19-17-15-13-11-9-7-2/h9,11,15,17,21,23,27,29,34,36,40,42,60H,6-8,10,12-14,16,18-20,22,24-26,28,30-33,35,37-39,41,43-59H2,1-5H3/p+1/b11-9-,17-15-,23-21-,29-27-,36-34-,42-40-. The SMILES string of the molecule is CC/C=C\C/C=C\C/C=C\C/C=C\C/C=C\C/C=C\CCCCCCC(=O)OC(COCCCCCCCCCCCCCCCCCCCCCCCCCCC)COP(=O)(O)OCC[N+](C)(C)C. The minimum absolute atomic E-state index is 0.0813. The van der Waals surface area contributed by atoms with E-state index in [9.17, 15) is 14.3 Å². The Morgan fingerprint density at radius 1 is 0.457 bits per heavy atom. The van der Waals surface area contributed by atoms with E-state index in [1.54, 1.807) is 0 Å². The van der Waals surface area contributed by atoms with Crippen LogP contribution in [0.2, 0.25) is 0 Å². The fourth-order valence-corrected chi connectivity index (χ4v) is 8.83. The van der Waals surface area contributed by atoms with Crippen molar-refractivity contribution in [3.63, 3.8) is 0 Å². The number of hydrogen-bond donors (Lipinski definition) is 1. The third-order valence-corrected chi connectivity index (χ3v) is 13.5. The van der Waals surface area contributed by atoms with E-state index >= 15 is 0 Å². The highest BCUT2D eigenvalue weighted by Gasteiger charge is 2.26. The lowest BCUT2D eigenvalue weighted by atomic mass is 10.0. The van der Waals surface area contributed by atoms with Gasteiger partial charge in [-0.1, -0.05) is 254 Å². The van der Waals surface area contributed by atoms with Crippen molar-refractivity contribution < 1.29 is 37.3 Å². The van der Waals surface area contributed by atoms with Crippen molar-refractivity contribution in [1.82, 2.24) is 0 Å². The Labute approximate surface area is 433 Å². The number of likely N-dealkylation sites (N-methyl/N-ethyl adjacent to an activating group) is 1. The molecule has 0 aromatic rings. The minimum Gasteiger partial charge on any atom is -0.457 e. The normalized spacial score (nSPS) is 14.0. The Kier molecular flexibility index (Phi) is 51.7. The summed E-state index contributed by atoms with van der Waals surface area (Å²) in [6, 6.07) is 0. The summed E-state index contributed by atoms with van der Waals surface area (Å²) in [6.45, 7) is 5.51. The Morgan fingerprint density at radius 2 is 0.829 bits per heavy atom. The zero-order chi connectivity index (χ0) is 51.2. The first kappa shape index (κ1) is 67.9. The highest BCUT2D eigenvalue weighted by molar-refractivity contribution is 7.47. The quantitative estimate of drug-likeness (QED) is 0.0213. The molecule has 0 aliphatic heterocycles. The molecule has 0 radical (unpaired) electrons. The van der Waals surface area contributed by atoms with Gasteiger partial charge in [0.2, 0.25) is 0 Å². The van der Waals surface area contributed by atoms with Gasteiger partial charge >= 0.3 is 13.8 Å². The predicted molar refractivity (Wildman–Crippen MR) is 302 cm³/mol. The maximum absolute atomic E-state index is 12.8. The topological polar surface area (TPSA) is 91.3 Å². The van der Waals surface area contributed by atoms with Gasteiger partial charge in [0.15, 0.2) is 0 Å².